The molecule has 0 amide bonds. The monoisotopic (exact) mass is 248 g/mol. The van der Waals surface area contributed by atoms with Gasteiger partial charge in [-0.3, -0.25) is 0 Å². The van der Waals surface area contributed by atoms with Crippen LogP contribution in [0.15, 0.2) is 22.9 Å². The fourth-order valence-corrected chi connectivity index (χ4v) is 1.99. The van der Waals surface area contributed by atoms with Crippen LogP contribution in [0.4, 0.5) is 0 Å². The molecule has 2 aromatic heterocycles. The predicted molar refractivity (Wildman–Crippen MR) is 69.3 cm³/mol. The number of nitrogens with zero attached hydrogens (tertiary/aromatic N) is 3. The average molecular weight is 248 g/mol. The third kappa shape index (κ3) is 2.98. The third-order valence-electron chi connectivity index (χ3n) is 2.89. The molecule has 2 heterocycles. The van der Waals surface area contributed by atoms with Crippen LogP contribution in [-0.2, 0) is 6.54 Å². The quantitative estimate of drug-likeness (QED) is 0.852. The summed E-state index contributed by atoms with van der Waals surface area (Å²) in [6.45, 7) is 7.81. The summed E-state index contributed by atoms with van der Waals surface area (Å²) in [6, 6.07) is 4.50. The highest BCUT2D eigenvalue weighted by atomic mass is 16.5. The summed E-state index contributed by atoms with van der Waals surface area (Å²) >= 11 is 0. The number of hydrogen-bond donors (Lipinski definition) is 1. The van der Waals surface area contributed by atoms with Crippen molar-refractivity contribution in [1.82, 2.24) is 20.0 Å². The fraction of sp³-hybridized carbons (Fsp3) is 0.538. The molecule has 2 aromatic rings. The van der Waals surface area contributed by atoms with Gasteiger partial charge in [0.2, 0.25) is 5.89 Å². The van der Waals surface area contributed by atoms with E-state index in [1.54, 1.807) is 6.92 Å². The summed E-state index contributed by atoms with van der Waals surface area (Å²) in [4.78, 5) is 4.23. The molecular formula is C13H20N4O. The van der Waals surface area contributed by atoms with Crippen molar-refractivity contribution in [3.63, 3.8) is 0 Å². The molecule has 2 rings (SSSR count). The van der Waals surface area contributed by atoms with E-state index in [-0.39, 0.29) is 0 Å². The Kier molecular flexibility index (Phi) is 4.15. The maximum Gasteiger partial charge on any atom is 0.223 e. The van der Waals surface area contributed by atoms with Gasteiger partial charge in [-0.15, -0.1) is 0 Å². The lowest BCUT2D eigenvalue weighted by Gasteiger charge is -2.15. The zero-order chi connectivity index (χ0) is 13.0. The number of rotatable bonds is 6. The van der Waals surface area contributed by atoms with E-state index < -0.39 is 0 Å². The summed E-state index contributed by atoms with van der Waals surface area (Å²) in [7, 11) is 0. The molecule has 0 aliphatic rings. The van der Waals surface area contributed by atoms with Gasteiger partial charge in [0, 0.05) is 24.9 Å². The van der Waals surface area contributed by atoms with Crippen molar-refractivity contribution in [1.29, 1.82) is 0 Å². The van der Waals surface area contributed by atoms with Crippen LogP contribution in [-0.4, -0.2) is 21.3 Å². The third-order valence-corrected chi connectivity index (χ3v) is 2.89. The molecule has 0 bridgehead atoms. The maximum atomic E-state index is 4.99. The molecule has 0 fully saturated rings. The van der Waals surface area contributed by atoms with Gasteiger partial charge < -0.3 is 14.4 Å². The summed E-state index contributed by atoms with van der Waals surface area (Å²) in [5, 5.41) is 7.41. The first kappa shape index (κ1) is 12.8. The molecule has 1 atom stereocenters. The van der Waals surface area contributed by atoms with Crippen LogP contribution in [0.5, 0.6) is 0 Å². The van der Waals surface area contributed by atoms with Crippen molar-refractivity contribution in [2.75, 3.05) is 6.54 Å². The van der Waals surface area contributed by atoms with E-state index in [1.807, 2.05) is 12.3 Å². The molecule has 5 heteroatoms. The summed E-state index contributed by atoms with van der Waals surface area (Å²) in [6.07, 6.45) is 3.18. The van der Waals surface area contributed by atoms with Gasteiger partial charge in [-0.1, -0.05) is 12.1 Å². The predicted octanol–water partition coefficient (Wildman–Crippen LogP) is 2.29. The van der Waals surface area contributed by atoms with Gasteiger partial charge in [-0.05, 0) is 32.0 Å². The molecule has 1 unspecified atom stereocenters. The maximum absolute atomic E-state index is 4.99. The van der Waals surface area contributed by atoms with E-state index in [0.717, 1.165) is 13.0 Å². The van der Waals surface area contributed by atoms with Crippen molar-refractivity contribution in [3.05, 3.63) is 35.7 Å². The molecule has 0 aliphatic heterocycles. The van der Waals surface area contributed by atoms with Crippen LogP contribution in [0.3, 0.4) is 0 Å². The first-order valence-electron chi connectivity index (χ1n) is 6.38. The minimum absolute atomic E-state index is 0.327. The largest absolute Gasteiger partial charge is 0.342 e. The number of hydrogen-bond acceptors (Lipinski definition) is 4. The van der Waals surface area contributed by atoms with E-state index in [0.29, 0.717) is 24.3 Å². The SMILES string of the molecule is CCCNC(C)c1cccn1Cc1noc(C)n1. The molecule has 18 heavy (non-hydrogen) atoms. The first-order valence-corrected chi connectivity index (χ1v) is 6.38. The molecule has 0 aliphatic carbocycles. The zero-order valence-electron chi connectivity index (χ0n) is 11.2. The van der Waals surface area contributed by atoms with Crippen molar-refractivity contribution in [3.8, 4) is 0 Å². The van der Waals surface area contributed by atoms with Gasteiger partial charge >= 0.3 is 0 Å². The second-order valence-electron chi connectivity index (χ2n) is 4.47. The van der Waals surface area contributed by atoms with E-state index in [9.17, 15) is 0 Å². The second-order valence-corrected chi connectivity index (χ2v) is 4.47. The fourth-order valence-electron chi connectivity index (χ4n) is 1.99. The molecule has 0 saturated heterocycles. The van der Waals surface area contributed by atoms with Crippen LogP contribution >= 0.6 is 0 Å². The lowest BCUT2D eigenvalue weighted by molar-refractivity contribution is 0.385. The zero-order valence-corrected chi connectivity index (χ0v) is 11.2. The number of aromatic nitrogens is 3. The van der Waals surface area contributed by atoms with Crippen LogP contribution in [0.25, 0.3) is 0 Å². The van der Waals surface area contributed by atoms with Crippen molar-refractivity contribution in [2.24, 2.45) is 0 Å². The topological polar surface area (TPSA) is 55.9 Å². The molecule has 0 aromatic carbocycles. The van der Waals surface area contributed by atoms with Gasteiger partial charge in [0.25, 0.3) is 0 Å². The normalized spacial score (nSPS) is 12.8. The summed E-state index contributed by atoms with van der Waals surface area (Å²) < 4.78 is 7.14. The highest BCUT2D eigenvalue weighted by Gasteiger charge is 2.11. The highest BCUT2D eigenvalue weighted by Crippen LogP contribution is 2.14. The minimum atomic E-state index is 0.327. The second kappa shape index (κ2) is 5.82. The van der Waals surface area contributed by atoms with Gasteiger partial charge in [0.05, 0.1) is 6.54 Å². The van der Waals surface area contributed by atoms with Gasteiger partial charge in [-0.25, -0.2) is 0 Å². The lowest BCUT2D eigenvalue weighted by atomic mass is 10.2. The van der Waals surface area contributed by atoms with Gasteiger partial charge in [0.15, 0.2) is 5.82 Å². The molecule has 0 spiro atoms. The molecule has 0 saturated carbocycles. The minimum Gasteiger partial charge on any atom is -0.342 e. The van der Waals surface area contributed by atoms with Crippen LogP contribution in [0.2, 0.25) is 0 Å². The summed E-state index contributed by atoms with van der Waals surface area (Å²) in [5.41, 5.74) is 1.24. The summed E-state index contributed by atoms with van der Waals surface area (Å²) in [5.74, 6) is 1.32. The molecule has 98 valence electrons. The Morgan fingerprint density at radius 1 is 1.50 bits per heavy atom. The van der Waals surface area contributed by atoms with E-state index in [4.69, 9.17) is 4.52 Å². The van der Waals surface area contributed by atoms with Crippen LogP contribution in [0.1, 0.15) is 43.7 Å². The van der Waals surface area contributed by atoms with Crippen molar-refractivity contribution < 1.29 is 4.52 Å². The molecule has 5 nitrogen and oxygen atoms in total. The number of nitrogens with one attached hydrogen (secondary N) is 1. The Balaban J connectivity index is 2.07. The Labute approximate surface area is 107 Å². The molecule has 1 N–H and O–H groups in total. The van der Waals surface area contributed by atoms with Gasteiger partial charge in [0.1, 0.15) is 0 Å². The van der Waals surface area contributed by atoms with E-state index in [2.05, 4.69) is 39.9 Å². The van der Waals surface area contributed by atoms with Gasteiger partial charge in [-0.2, -0.15) is 4.98 Å². The van der Waals surface area contributed by atoms with Crippen LogP contribution < -0.4 is 5.32 Å². The van der Waals surface area contributed by atoms with E-state index in [1.165, 1.54) is 5.69 Å². The average Bonchev–Trinajstić information content (AvgIpc) is 2.96. The Morgan fingerprint density at radius 2 is 2.33 bits per heavy atom. The Bertz CT molecular complexity index is 489. The lowest BCUT2D eigenvalue weighted by Crippen LogP contribution is -2.22. The van der Waals surface area contributed by atoms with Crippen LogP contribution in [0, 0.1) is 6.92 Å². The molecule has 0 radical (unpaired) electrons. The van der Waals surface area contributed by atoms with E-state index >= 15 is 0 Å². The van der Waals surface area contributed by atoms with Crippen molar-refractivity contribution in [2.45, 2.75) is 39.8 Å². The standard InChI is InChI=1S/C13H20N4O/c1-4-7-14-10(2)12-6-5-8-17(12)9-13-15-11(3)18-16-13/h5-6,8,10,14H,4,7,9H2,1-3H3. The molecular weight excluding hydrogens is 228 g/mol. The smallest absolute Gasteiger partial charge is 0.223 e. The Hall–Kier alpha value is -1.62. The van der Waals surface area contributed by atoms with Crippen molar-refractivity contribution >= 4 is 0 Å². The first-order chi connectivity index (χ1) is 8.70. The Morgan fingerprint density at radius 3 is 3.00 bits per heavy atom. The number of aryl methyl sites for hydroxylation is 1. The highest BCUT2D eigenvalue weighted by molar-refractivity contribution is 5.12.